The van der Waals surface area contributed by atoms with E-state index in [0.717, 1.165) is 18.5 Å². The van der Waals surface area contributed by atoms with Gasteiger partial charge < -0.3 is 4.90 Å². The first kappa shape index (κ1) is 11.6. The molecule has 1 fully saturated rings. The minimum atomic E-state index is 0.0406. The second-order valence-electron chi connectivity index (χ2n) is 4.43. The van der Waals surface area contributed by atoms with E-state index in [4.69, 9.17) is 0 Å². The summed E-state index contributed by atoms with van der Waals surface area (Å²) in [5.74, 6) is 0. The molecule has 0 bridgehead atoms. The van der Waals surface area contributed by atoms with Crippen molar-refractivity contribution in [2.75, 3.05) is 18.0 Å². The molecule has 0 aromatic heterocycles. The van der Waals surface area contributed by atoms with Crippen LogP contribution in [0.25, 0.3) is 0 Å². The molecule has 0 aliphatic carbocycles. The number of hydrogen-bond donors (Lipinski definition) is 0. The Balaban J connectivity index is 2.18. The van der Waals surface area contributed by atoms with Gasteiger partial charge in [0.15, 0.2) is 0 Å². The van der Waals surface area contributed by atoms with Crippen LogP contribution < -0.4 is 4.90 Å². The summed E-state index contributed by atoms with van der Waals surface area (Å²) in [4.78, 5) is 26.2. The molecule has 4 nitrogen and oxygen atoms in total. The van der Waals surface area contributed by atoms with Gasteiger partial charge in [-0.1, -0.05) is 0 Å². The number of carbonyl (C=O) groups excluding carboxylic acids is 2. The van der Waals surface area contributed by atoms with Gasteiger partial charge in [-0.15, -0.1) is 0 Å². The first-order valence-electron chi connectivity index (χ1n) is 5.77. The number of urea groups is 1. The van der Waals surface area contributed by atoms with Crippen LogP contribution in [0.5, 0.6) is 0 Å². The maximum Gasteiger partial charge on any atom is 0.324 e. The van der Waals surface area contributed by atoms with Crippen molar-refractivity contribution in [3.8, 4) is 0 Å². The highest BCUT2D eigenvalue weighted by atomic mass is 16.2. The molecule has 1 saturated heterocycles. The van der Waals surface area contributed by atoms with Crippen LogP contribution in [0.3, 0.4) is 0 Å². The van der Waals surface area contributed by atoms with Gasteiger partial charge in [0.25, 0.3) is 0 Å². The summed E-state index contributed by atoms with van der Waals surface area (Å²) in [7, 11) is 0. The molecule has 1 aromatic rings. The third-order valence-electron chi connectivity index (χ3n) is 3.01. The molecule has 0 N–H and O–H groups in total. The molecular formula is C13H16N2O2. The fourth-order valence-corrected chi connectivity index (χ4v) is 2.01. The molecule has 4 heteroatoms. The molecule has 2 rings (SSSR count). The molecule has 1 aliphatic rings. The van der Waals surface area contributed by atoms with Gasteiger partial charge in [0.1, 0.15) is 6.29 Å². The van der Waals surface area contributed by atoms with E-state index >= 15 is 0 Å². The van der Waals surface area contributed by atoms with E-state index in [-0.39, 0.29) is 12.1 Å². The zero-order valence-corrected chi connectivity index (χ0v) is 10.1. The van der Waals surface area contributed by atoms with E-state index in [0.29, 0.717) is 12.1 Å². The number of carbonyl (C=O) groups is 2. The van der Waals surface area contributed by atoms with Gasteiger partial charge in [0, 0.05) is 30.4 Å². The predicted octanol–water partition coefficient (Wildman–Crippen LogP) is 2.15. The van der Waals surface area contributed by atoms with Crippen molar-refractivity contribution < 1.29 is 9.59 Å². The van der Waals surface area contributed by atoms with Crippen LogP contribution in [0, 0.1) is 0 Å². The minimum absolute atomic E-state index is 0.0406. The number of nitrogens with zero attached hydrogens (tertiary/aromatic N) is 2. The SMILES string of the molecule is CC(C)N1CCN(c2ccc(C=O)cc2)C1=O. The zero-order chi connectivity index (χ0) is 12.4. The minimum Gasteiger partial charge on any atom is -0.320 e. The summed E-state index contributed by atoms with van der Waals surface area (Å²) < 4.78 is 0. The monoisotopic (exact) mass is 232 g/mol. The van der Waals surface area contributed by atoms with Crippen molar-refractivity contribution in [1.82, 2.24) is 4.90 Å². The lowest BCUT2D eigenvalue weighted by Gasteiger charge is -2.21. The Kier molecular flexibility index (Phi) is 3.13. The number of rotatable bonds is 3. The highest BCUT2D eigenvalue weighted by molar-refractivity contribution is 5.94. The van der Waals surface area contributed by atoms with Crippen LogP contribution in [0.1, 0.15) is 24.2 Å². The molecule has 0 atom stereocenters. The van der Waals surface area contributed by atoms with Crippen LogP contribution in [0.2, 0.25) is 0 Å². The molecule has 1 aliphatic heterocycles. The second-order valence-corrected chi connectivity index (χ2v) is 4.43. The molecule has 90 valence electrons. The number of aldehydes is 1. The summed E-state index contributed by atoms with van der Waals surface area (Å²) in [6.07, 6.45) is 0.802. The number of anilines is 1. The van der Waals surface area contributed by atoms with Gasteiger partial charge in [-0.05, 0) is 38.1 Å². The van der Waals surface area contributed by atoms with Crippen molar-refractivity contribution >= 4 is 18.0 Å². The molecule has 0 radical (unpaired) electrons. The van der Waals surface area contributed by atoms with Crippen LogP contribution in [0.15, 0.2) is 24.3 Å². The first-order valence-corrected chi connectivity index (χ1v) is 5.77. The van der Waals surface area contributed by atoms with Crippen LogP contribution >= 0.6 is 0 Å². The van der Waals surface area contributed by atoms with E-state index in [1.165, 1.54) is 0 Å². The molecule has 17 heavy (non-hydrogen) atoms. The van der Waals surface area contributed by atoms with Crippen LogP contribution in [0.4, 0.5) is 10.5 Å². The average molecular weight is 232 g/mol. The summed E-state index contributed by atoms with van der Waals surface area (Å²) in [6.45, 7) is 5.48. The molecule has 1 aromatic carbocycles. The van der Waals surface area contributed by atoms with E-state index in [1.54, 1.807) is 17.0 Å². The van der Waals surface area contributed by atoms with Crippen molar-refractivity contribution in [3.63, 3.8) is 0 Å². The van der Waals surface area contributed by atoms with E-state index in [2.05, 4.69) is 0 Å². The Morgan fingerprint density at radius 1 is 1.18 bits per heavy atom. The molecule has 2 amide bonds. The maximum absolute atomic E-state index is 12.1. The lowest BCUT2D eigenvalue weighted by Crippen LogP contribution is -2.36. The topological polar surface area (TPSA) is 40.6 Å². The predicted molar refractivity (Wildman–Crippen MR) is 66.4 cm³/mol. The van der Waals surface area contributed by atoms with Gasteiger partial charge in [0.05, 0.1) is 0 Å². The maximum atomic E-state index is 12.1. The van der Waals surface area contributed by atoms with Crippen molar-refractivity contribution in [2.45, 2.75) is 19.9 Å². The Morgan fingerprint density at radius 3 is 2.29 bits per heavy atom. The summed E-state index contributed by atoms with van der Waals surface area (Å²) >= 11 is 0. The number of benzene rings is 1. The van der Waals surface area contributed by atoms with E-state index in [1.807, 2.05) is 30.9 Å². The highest BCUT2D eigenvalue weighted by Crippen LogP contribution is 2.21. The van der Waals surface area contributed by atoms with Gasteiger partial charge in [0.2, 0.25) is 0 Å². The quantitative estimate of drug-likeness (QED) is 0.749. The summed E-state index contributed by atoms with van der Waals surface area (Å²) in [5, 5.41) is 0. The van der Waals surface area contributed by atoms with Crippen LogP contribution in [-0.4, -0.2) is 36.3 Å². The third kappa shape index (κ3) is 2.16. The fraction of sp³-hybridized carbons (Fsp3) is 0.385. The lowest BCUT2D eigenvalue weighted by molar-refractivity contribution is 0.112. The molecule has 0 unspecified atom stereocenters. The summed E-state index contributed by atoms with van der Waals surface area (Å²) in [5.41, 5.74) is 1.48. The molecule has 0 spiro atoms. The van der Waals surface area contributed by atoms with Crippen molar-refractivity contribution in [2.24, 2.45) is 0 Å². The number of amides is 2. The highest BCUT2D eigenvalue weighted by Gasteiger charge is 2.30. The Hall–Kier alpha value is -1.84. The van der Waals surface area contributed by atoms with Crippen molar-refractivity contribution in [1.29, 1.82) is 0 Å². The Bertz CT molecular complexity index is 426. The smallest absolute Gasteiger partial charge is 0.320 e. The Labute approximate surface area is 101 Å². The Morgan fingerprint density at radius 2 is 1.82 bits per heavy atom. The van der Waals surface area contributed by atoms with E-state index < -0.39 is 0 Å². The zero-order valence-electron chi connectivity index (χ0n) is 10.1. The van der Waals surface area contributed by atoms with Crippen molar-refractivity contribution in [3.05, 3.63) is 29.8 Å². The standard InChI is InChI=1S/C13H16N2O2/c1-10(2)14-7-8-15(13(14)17)12-5-3-11(9-16)4-6-12/h3-6,9-10H,7-8H2,1-2H3. The van der Waals surface area contributed by atoms with E-state index in [9.17, 15) is 9.59 Å². The van der Waals surface area contributed by atoms with Gasteiger partial charge in [-0.25, -0.2) is 4.79 Å². The normalized spacial score (nSPS) is 15.8. The second kappa shape index (κ2) is 4.57. The number of hydrogen-bond acceptors (Lipinski definition) is 2. The third-order valence-corrected chi connectivity index (χ3v) is 3.01. The lowest BCUT2D eigenvalue weighted by atomic mass is 10.2. The van der Waals surface area contributed by atoms with Gasteiger partial charge in [-0.3, -0.25) is 9.69 Å². The largest absolute Gasteiger partial charge is 0.324 e. The molecule has 0 saturated carbocycles. The molecule has 1 heterocycles. The molecular weight excluding hydrogens is 216 g/mol. The first-order chi connectivity index (χ1) is 8.13. The average Bonchev–Trinajstić information content (AvgIpc) is 2.71. The summed E-state index contributed by atoms with van der Waals surface area (Å²) in [6, 6.07) is 7.35. The van der Waals surface area contributed by atoms with Crippen LogP contribution in [-0.2, 0) is 0 Å². The fourth-order valence-electron chi connectivity index (χ4n) is 2.01. The van der Waals surface area contributed by atoms with Gasteiger partial charge >= 0.3 is 6.03 Å². The van der Waals surface area contributed by atoms with Gasteiger partial charge in [-0.2, -0.15) is 0 Å².